The van der Waals surface area contributed by atoms with Gasteiger partial charge in [-0.1, -0.05) is 0 Å². The van der Waals surface area contributed by atoms with Crippen molar-refractivity contribution >= 4 is 5.91 Å². The molecular formula is C15H29N3O. The van der Waals surface area contributed by atoms with E-state index in [4.69, 9.17) is 5.73 Å². The Bertz CT molecular complexity index is 321. The Morgan fingerprint density at radius 3 is 2.53 bits per heavy atom. The van der Waals surface area contributed by atoms with E-state index >= 15 is 0 Å². The third kappa shape index (κ3) is 3.69. The highest BCUT2D eigenvalue weighted by Gasteiger charge is 2.36. The Hall–Kier alpha value is -0.610. The fourth-order valence-corrected chi connectivity index (χ4v) is 3.31. The van der Waals surface area contributed by atoms with Gasteiger partial charge in [-0.25, -0.2) is 0 Å². The van der Waals surface area contributed by atoms with E-state index in [1.165, 1.54) is 0 Å². The molecule has 2 fully saturated rings. The smallest absolute Gasteiger partial charge is 0.223 e. The minimum absolute atomic E-state index is 0.0155. The van der Waals surface area contributed by atoms with Crippen molar-refractivity contribution in [2.45, 2.75) is 57.5 Å². The topological polar surface area (TPSA) is 49.6 Å². The van der Waals surface area contributed by atoms with Crippen LogP contribution in [0, 0.1) is 5.92 Å². The number of rotatable bonds is 2. The highest BCUT2D eigenvalue weighted by molar-refractivity contribution is 5.77. The second-order valence-electron chi connectivity index (χ2n) is 7.07. The van der Waals surface area contributed by atoms with Gasteiger partial charge in [0.05, 0.1) is 0 Å². The van der Waals surface area contributed by atoms with Gasteiger partial charge < -0.3 is 15.5 Å². The molecule has 0 aromatic carbocycles. The van der Waals surface area contributed by atoms with Gasteiger partial charge in [-0.05, 0) is 65.6 Å². The predicted octanol–water partition coefficient (Wildman–Crippen LogP) is 1.45. The lowest BCUT2D eigenvalue weighted by molar-refractivity contribution is -0.140. The van der Waals surface area contributed by atoms with E-state index < -0.39 is 0 Å². The molecule has 4 nitrogen and oxygen atoms in total. The molecule has 2 heterocycles. The van der Waals surface area contributed by atoms with Gasteiger partial charge in [-0.15, -0.1) is 0 Å². The molecule has 2 saturated heterocycles. The molecule has 2 aliphatic rings. The van der Waals surface area contributed by atoms with Gasteiger partial charge in [0.15, 0.2) is 0 Å². The molecule has 0 aliphatic carbocycles. The largest absolute Gasteiger partial charge is 0.336 e. The average molecular weight is 267 g/mol. The first-order chi connectivity index (χ1) is 8.88. The normalized spacial score (nSPS) is 29.5. The van der Waals surface area contributed by atoms with Gasteiger partial charge in [-0.2, -0.15) is 0 Å². The molecule has 0 aromatic rings. The van der Waals surface area contributed by atoms with E-state index in [0.717, 1.165) is 45.3 Å². The summed E-state index contributed by atoms with van der Waals surface area (Å²) in [5, 5.41) is 0. The number of nitrogens with two attached hydrogens (primary N) is 1. The van der Waals surface area contributed by atoms with E-state index in [9.17, 15) is 4.79 Å². The molecule has 0 spiro atoms. The SMILES string of the molecule is CN1CCC(CC(=O)N2CC(N)CCC2(C)C)CC1. The number of carbonyl (C=O) groups excluding carboxylic acids is 1. The molecule has 1 amide bonds. The Morgan fingerprint density at radius 1 is 1.26 bits per heavy atom. The number of amides is 1. The number of carbonyl (C=O) groups is 1. The van der Waals surface area contributed by atoms with Gasteiger partial charge >= 0.3 is 0 Å². The highest BCUT2D eigenvalue weighted by atomic mass is 16.2. The molecule has 1 unspecified atom stereocenters. The lowest BCUT2D eigenvalue weighted by Crippen LogP contribution is -2.57. The first-order valence-electron chi connectivity index (χ1n) is 7.63. The maximum Gasteiger partial charge on any atom is 0.223 e. The van der Waals surface area contributed by atoms with E-state index in [-0.39, 0.29) is 11.6 Å². The standard InChI is InChI=1S/C15H29N3O/c1-15(2)7-4-13(16)11-18(15)14(19)10-12-5-8-17(3)9-6-12/h12-13H,4-11,16H2,1-3H3. The molecule has 2 rings (SSSR count). The number of likely N-dealkylation sites (tertiary alicyclic amines) is 2. The van der Waals surface area contributed by atoms with E-state index in [1.807, 2.05) is 4.90 Å². The predicted molar refractivity (Wildman–Crippen MR) is 77.8 cm³/mol. The molecule has 4 heteroatoms. The number of nitrogens with zero attached hydrogens (tertiary/aromatic N) is 2. The van der Waals surface area contributed by atoms with Crippen molar-refractivity contribution in [2.75, 3.05) is 26.7 Å². The number of piperidine rings is 2. The molecule has 0 radical (unpaired) electrons. The summed E-state index contributed by atoms with van der Waals surface area (Å²) in [6, 6.07) is 0.162. The van der Waals surface area contributed by atoms with Crippen LogP contribution < -0.4 is 5.73 Å². The molecule has 19 heavy (non-hydrogen) atoms. The summed E-state index contributed by atoms with van der Waals surface area (Å²) in [5.41, 5.74) is 6.02. The molecule has 0 aromatic heterocycles. The Balaban J connectivity index is 1.91. The second-order valence-corrected chi connectivity index (χ2v) is 7.07. The zero-order valence-corrected chi connectivity index (χ0v) is 12.7. The molecule has 2 N–H and O–H groups in total. The first-order valence-corrected chi connectivity index (χ1v) is 7.63. The number of hydrogen-bond acceptors (Lipinski definition) is 3. The van der Waals surface area contributed by atoms with Gasteiger partial charge in [0.1, 0.15) is 0 Å². The van der Waals surface area contributed by atoms with Crippen LogP contribution in [0.5, 0.6) is 0 Å². The Labute approximate surface area is 117 Å². The van der Waals surface area contributed by atoms with Crippen molar-refractivity contribution in [1.82, 2.24) is 9.80 Å². The Morgan fingerprint density at radius 2 is 1.89 bits per heavy atom. The average Bonchev–Trinajstić information content (AvgIpc) is 2.35. The van der Waals surface area contributed by atoms with Gasteiger partial charge in [0.2, 0.25) is 5.91 Å². The van der Waals surface area contributed by atoms with Crippen LogP contribution >= 0.6 is 0 Å². The second kappa shape index (κ2) is 5.80. The van der Waals surface area contributed by atoms with Crippen LogP contribution in [-0.2, 0) is 4.79 Å². The maximum atomic E-state index is 12.6. The fraction of sp³-hybridized carbons (Fsp3) is 0.933. The van der Waals surface area contributed by atoms with Crippen molar-refractivity contribution in [3.63, 3.8) is 0 Å². The molecule has 110 valence electrons. The van der Waals surface area contributed by atoms with Crippen LogP contribution in [0.1, 0.15) is 46.0 Å². The monoisotopic (exact) mass is 267 g/mol. The minimum atomic E-state index is -0.0155. The number of hydrogen-bond donors (Lipinski definition) is 1. The zero-order valence-electron chi connectivity index (χ0n) is 12.7. The lowest BCUT2D eigenvalue weighted by atomic mass is 9.86. The van der Waals surface area contributed by atoms with Crippen LogP contribution in [-0.4, -0.2) is 54.0 Å². The van der Waals surface area contributed by atoms with Crippen LogP contribution in [0.2, 0.25) is 0 Å². The first kappa shape index (κ1) is 14.8. The quantitative estimate of drug-likeness (QED) is 0.824. The molecule has 2 aliphatic heterocycles. The summed E-state index contributed by atoms with van der Waals surface area (Å²) < 4.78 is 0. The summed E-state index contributed by atoms with van der Waals surface area (Å²) in [6.45, 7) is 7.33. The van der Waals surface area contributed by atoms with E-state index in [0.29, 0.717) is 18.2 Å². The third-order valence-corrected chi connectivity index (χ3v) is 4.88. The van der Waals surface area contributed by atoms with Crippen molar-refractivity contribution in [3.05, 3.63) is 0 Å². The van der Waals surface area contributed by atoms with Gasteiger partial charge in [-0.3, -0.25) is 4.79 Å². The maximum absolute atomic E-state index is 12.6. The minimum Gasteiger partial charge on any atom is -0.336 e. The lowest BCUT2D eigenvalue weighted by Gasteiger charge is -2.45. The van der Waals surface area contributed by atoms with Crippen LogP contribution in [0.15, 0.2) is 0 Å². The van der Waals surface area contributed by atoms with Crippen LogP contribution in [0.3, 0.4) is 0 Å². The molecule has 0 bridgehead atoms. The van der Waals surface area contributed by atoms with E-state index in [1.54, 1.807) is 0 Å². The van der Waals surface area contributed by atoms with E-state index in [2.05, 4.69) is 25.8 Å². The van der Waals surface area contributed by atoms with Crippen molar-refractivity contribution < 1.29 is 4.79 Å². The molecule has 0 saturated carbocycles. The Kier molecular flexibility index (Phi) is 4.51. The van der Waals surface area contributed by atoms with Crippen LogP contribution in [0.4, 0.5) is 0 Å². The zero-order chi connectivity index (χ0) is 14.0. The summed E-state index contributed by atoms with van der Waals surface area (Å²) in [5.74, 6) is 0.882. The molecular weight excluding hydrogens is 238 g/mol. The summed E-state index contributed by atoms with van der Waals surface area (Å²) in [7, 11) is 2.16. The molecule has 1 atom stereocenters. The highest BCUT2D eigenvalue weighted by Crippen LogP contribution is 2.29. The van der Waals surface area contributed by atoms with Crippen molar-refractivity contribution in [2.24, 2.45) is 11.7 Å². The third-order valence-electron chi connectivity index (χ3n) is 4.88. The van der Waals surface area contributed by atoms with Crippen molar-refractivity contribution in [1.29, 1.82) is 0 Å². The van der Waals surface area contributed by atoms with Gasteiger partial charge in [0, 0.05) is 24.5 Å². The summed E-state index contributed by atoms with van der Waals surface area (Å²) in [4.78, 5) is 17.0. The van der Waals surface area contributed by atoms with Gasteiger partial charge in [0.25, 0.3) is 0 Å². The summed E-state index contributed by atoms with van der Waals surface area (Å²) in [6.07, 6.45) is 5.08. The summed E-state index contributed by atoms with van der Waals surface area (Å²) >= 11 is 0. The fourth-order valence-electron chi connectivity index (χ4n) is 3.31. The van der Waals surface area contributed by atoms with Crippen LogP contribution in [0.25, 0.3) is 0 Å². The van der Waals surface area contributed by atoms with Crippen molar-refractivity contribution in [3.8, 4) is 0 Å².